The van der Waals surface area contributed by atoms with Gasteiger partial charge in [0.25, 0.3) is 0 Å². The zero-order valence-corrected chi connectivity index (χ0v) is 9.95. The molecule has 1 aliphatic rings. The molecule has 2 rings (SSSR count). The molecular formula is C13H19NO2. The van der Waals surface area contributed by atoms with Crippen molar-refractivity contribution in [2.24, 2.45) is 5.73 Å². The van der Waals surface area contributed by atoms with Gasteiger partial charge in [-0.2, -0.15) is 0 Å². The van der Waals surface area contributed by atoms with E-state index in [2.05, 4.69) is 0 Å². The van der Waals surface area contributed by atoms with Gasteiger partial charge in [-0.25, -0.2) is 0 Å². The van der Waals surface area contributed by atoms with Crippen LogP contribution in [0.1, 0.15) is 31.7 Å². The summed E-state index contributed by atoms with van der Waals surface area (Å²) in [6.07, 6.45) is 3.28. The van der Waals surface area contributed by atoms with E-state index in [-0.39, 0.29) is 5.54 Å². The van der Waals surface area contributed by atoms with E-state index in [9.17, 15) is 0 Å². The van der Waals surface area contributed by atoms with Crippen molar-refractivity contribution in [1.29, 1.82) is 0 Å². The molecule has 3 heteroatoms. The summed E-state index contributed by atoms with van der Waals surface area (Å²) < 4.78 is 10.8. The number of hydrogen-bond donors (Lipinski definition) is 1. The Hall–Kier alpha value is -1.22. The SMILES string of the molecule is CCOc1cc(OC)ccc1C1(N)CCC1. The minimum absolute atomic E-state index is 0.184. The van der Waals surface area contributed by atoms with E-state index in [1.165, 1.54) is 6.42 Å². The highest BCUT2D eigenvalue weighted by Gasteiger charge is 2.36. The maximum atomic E-state index is 6.33. The summed E-state index contributed by atoms with van der Waals surface area (Å²) in [6, 6.07) is 5.90. The lowest BCUT2D eigenvalue weighted by molar-refractivity contribution is 0.237. The average molecular weight is 221 g/mol. The minimum Gasteiger partial charge on any atom is -0.497 e. The van der Waals surface area contributed by atoms with Gasteiger partial charge in [0.15, 0.2) is 0 Å². The van der Waals surface area contributed by atoms with Gasteiger partial charge < -0.3 is 15.2 Å². The van der Waals surface area contributed by atoms with Crippen LogP contribution in [0.5, 0.6) is 11.5 Å². The van der Waals surface area contributed by atoms with E-state index in [0.717, 1.165) is 29.9 Å². The third-order valence-electron chi connectivity index (χ3n) is 3.27. The number of benzene rings is 1. The highest BCUT2D eigenvalue weighted by molar-refractivity contribution is 5.45. The molecule has 0 aromatic heterocycles. The van der Waals surface area contributed by atoms with Crippen LogP contribution < -0.4 is 15.2 Å². The van der Waals surface area contributed by atoms with Crippen molar-refractivity contribution in [1.82, 2.24) is 0 Å². The van der Waals surface area contributed by atoms with E-state index in [1.807, 2.05) is 25.1 Å². The first-order valence-corrected chi connectivity index (χ1v) is 5.80. The molecule has 0 unspecified atom stereocenters. The molecule has 1 saturated carbocycles. The fourth-order valence-corrected chi connectivity index (χ4v) is 2.14. The summed E-state index contributed by atoms with van der Waals surface area (Å²) in [7, 11) is 1.66. The Morgan fingerprint density at radius 2 is 2.12 bits per heavy atom. The zero-order chi connectivity index (χ0) is 11.6. The van der Waals surface area contributed by atoms with Crippen molar-refractivity contribution in [2.75, 3.05) is 13.7 Å². The van der Waals surface area contributed by atoms with Gasteiger partial charge in [-0.1, -0.05) is 0 Å². The molecule has 1 aromatic rings. The Morgan fingerprint density at radius 1 is 1.38 bits per heavy atom. The van der Waals surface area contributed by atoms with Crippen molar-refractivity contribution in [2.45, 2.75) is 31.7 Å². The van der Waals surface area contributed by atoms with E-state index in [0.29, 0.717) is 6.61 Å². The Balaban J connectivity index is 2.35. The predicted octanol–water partition coefficient (Wildman–Crippen LogP) is 2.43. The molecule has 0 radical (unpaired) electrons. The number of methoxy groups -OCH3 is 1. The molecule has 1 aromatic carbocycles. The number of ether oxygens (including phenoxy) is 2. The molecular weight excluding hydrogens is 202 g/mol. The Morgan fingerprint density at radius 3 is 2.62 bits per heavy atom. The maximum absolute atomic E-state index is 6.33. The van der Waals surface area contributed by atoms with E-state index in [1.54, 1.807) is 7.11 Å². The van der Waals surface area contributed by atoms with E-state index >= 15 is 0 Å². The zero-order valence-electron chi connectivity index (χ0n) is 9.95. The summed E-state index contributed by atoms with van der Waals surface area (Å²) in [6.45, 7) is 2.63. The van der Waals surface area contributed by atoms with Crippen LogP contribution in [0, 0.1) is 0 Å². The molecule has 0 atom stereocenters. The predicted molar refractivity (Wildman–Crippen MR) is 63.9 cm³/mol. The number of hydrogen-bond acceptors (Lipinski definition) is 3. The molecule has 0 heterocycles. The van der Waals surface area contributed by atoms with Crippen LogP contribution in [-0.4, -0.2) is 13.7 Å². The summed E-state index contributed by atoms with van der Waals surface area (Å²) in [5.74, 6) is 1.68. The van der Waals surface area contributed by atoms with Crippen LogP contribution in [0.3, 0.4) is 0 Å². The lowest BCUT2D eigenvalue weighted by atomic mass is 9.72. The second-order valence-electron chi connectivity index (χ2n) is 4.30. The second-order valence-corrected chi connectivity index (χ2v) is 4.30. The second kappa shape index (κ2) is 4.34. The van der Waals surface area contributed by atoms with Gasteiger partial charge in [-0.15, -0.1) is 0 Å². The van der Waals surface area contributed by atoms with Crippen molar-refractivity contribution in [3.63, 3.8) is 0 Å². The van der Waals surface area contributed by atoms with Gasteiger partial charge in [-0.3, -0.25) is 0 Å². The molecule has 0 spiro atoms. The highest BCUT2D eigenvalue weighted by Crippen LogP contribution is 2.43. The molecule has 0 saturated heterocycles. The van der Waals surface area contributed by atoms with Crippen molar-refractivity contribution >= 4 is 0 Å². The van der Waals surface area contributed by atoms with Crippen LogP contribution in [0.15, 0.2) is 18.2 Å². The van der Waals surface area contributed by atoms with Gasteiger partial charge >= 0.3 is 0 Å². The molecule has 1 aliphatic carbocycles. The Kier molecular flexibility index (Phi) is 3.06. The summed E-state index contributed by atoms with van der Waals surface area (Å²) in [5, 5.41) is 0. The van der Waals surface area contributed by atoms with Crippen LogP contribution in [0.2, 0.25) is 0 Å². The molecule has 0 bridgehead atoms. The Labute approximate surface area is 96.5 Å². The van der Waals surface area contributed by atoms with Crippen molar-refractivity contribution < 1.29 is 9.47 Å². The first kappa shape index (κ1) is 11.3. The van der Waals surface area contributed by atoms with Crippen molar-refractivity contribution in [3.8, 4) is 11.5 Å². The number of rotatable bonds is 4. The topological polar surface area (TPSA) is 44.5 Å². The monoisotopic (exact) mass is 221 g/mol. The third kappa shape index (κ3) is 1.87. The Bertz CT molecular complexity index is 372. The van der Waals surface area contributed by atoms with Crippen LogP contribution in [0.25, 0.3) is 0 Å². The molecule has 1 fully saturated rings. The summed E-state index contributed by atoms with van der Waals surface area (Å²) in [4.78, 5) is 0. The van der Waals surface area contributed by atoms with Crippen LogP contribution >= 0.6 is 0 Å². The van der Waals surface area contributed by atoms with E-state index < -0.39 is 0 Å². The van der Waals surface area contributed by atoms with Gasteiger partial charge in [0.2, 0.25) is 0 Å². The average Bonchev–Trinajstić information content (AvgIpc) is 2.26. The van der Waals surface area contributed by atoms with Crippen molar-refractivity contribution in [3.05, 3.63) is 23.8 Å². The lowest BCUT2D eigenvalue weighted by Crippen LogP contribution is -2.43. The smallest absolute Gasteiger partial charge is 0.128 e. The van der Waals surface area contributed by atoms with Gasteiger partial charge in [0.1, 0.15) is 11.5 Å². The fourth-order valence-electron chi connectivity index (χ4n) is 2.14. The summed E-state index contributed by atoms with van der Waals surface area (Å²) in [5.41, 5.74) is 7.25. The van der Waals surface area contributed by atoms with Gasteiger partial charge in [0.05, 0.1) is 13.7 Å². The first-order chi connectivity index (χ1) is 7.69. The fraction of sp³-hybridized carbons (Fsp3) is 0.538. The largest absolute Gasteiger partial charge is 0.497 e. The molecule has 16 heavy (non-hydrogen) atoms. The lowest BCUT2D eigenvalue weighted by Gasteiger charge is -2.39. The molecule has 88 valence electrons. The summed E-state index contributed by atoms with van der Waals surface area (Å²) >= 11 is 0. The van der Waals surface area contributed by atoms with Crippen LogP contribution in [0.4, 0.5) is 0 Å². The molecule has 2 N–H and O–H groups in total. The number of nitrogens with two attached hydrogens (primary N) is 1. The van der Waals surface area contributed by atoms with Crippen LogP contribution in [-0.2, 0) is 5.54 Å². The van der Waals surface area contributed by atoms with Gasteiger partial charge in [0, 0.05) is 17.2 Å². The van der Waals surface area contributed by atoms with Gasteiger partial charge in [-0.05, 0) is 38.3 Å². The molecule has 3 nitrogen and oxygen atoms in total. The standard InChI is InChI=1S/C13H19NO2/c1-3-16-12-9-10(15-2)5-6-11(12)13(14)7-4-8-13/h5-6,9H,3-4,7-8,14H2,1-2H3. The molecule has 0 amide bonds. The first-order valence-electron chi connectivity index (χ1n) is 5.80. The normalized spacial score (nSPS) is 17.7. The molecule has 0 aliphatic heterocycles. The minimum atomic E-state index is -0.184. The maximum Gasteiger partial charge on any atom is 0.128 e. The quantitative estimate of drug-likeness (QED) is 0.849. The highest BCUT2D eigenvalue weighted by atomic mass is 16.5. The van der Waals surface area contributed by atoms with E-state index in [4.69, 9.17) is 15.2 Å². The third-order valence-corrected chi connectivity index (χ3v) is 3.27.